The van der Waals surface area contributed by atoms with E-state index in [1.54, 1.807) is 35.2 Å². The average Bonchev–Trinajstić information content (AvgIpc) is 3.01. The minimum atomic E-state index is -0.634. The van der Waals surface area contributed by atoms with Gasteiger partial charge in [-0.25, -0.2) is 0 Å². The smallest absolute Gasteiger partial charge is 0.253 e. The Hall–Kier alpha value is -0.730. The van der Waals surface area contributed by atoms with Crippen molar-refractivity contribution >= 4 is 74.0 Å². The van der Waals surface area contributed by atoms with Crippen molar-refractivity contribution in [2.75, 3.05) is 12.0 Å². The van der Waals surface area contributed by atoms with E-state index in [0.29, 0.717) is 23.6 Å². The summed E-state index contributed by atoms with van der Waals surface area (Å²) in [7, 11) is 0. The molecule has 0 bridgehead atoms. The summed E-state index contributed by atoms with van der Waals surface area (Å²) in [4.78, 5) is 26.1. The molecule has 2 N–H and O–H groups in total. The van der Waals surface area contributed by atoms with E-state index >= 15 is 0 Å². The summed E-state index contributed by atoms with van der Waals surface area (Å²) in [5, 5.41) is 8.30. The first-order valence-corrected chi connectivity index (χ1v) is 11.5. The topological polar surface area (TPSA) is 58.2 Å². The van der Waals surface area contributed by atoms with Gasteiger partial charge in [-0.05, 0) is 58.6 Å². The van der Waals surface area contributed by atoms with Gasteiger partial charge in [0.15, 0.2) is 0 Å². The van der Waals surface area contributed by atoms with Crippen LogP contribution >= 0.6 is 62.2 Å². The molecule has 9 heteroatoms. The van der Waals surface area contributed by atoms with Crippen LogP contribution in [-0.4, -0.2) is 29.9 Å². The van der Waals surface area contributed by atoms with E-state index in [0.717, 1.165) is 15.1 Å². The molecule has 1 aromatic carbocycles. The van der Waals surface area contributed by atoms with Crippen LogP contribution in [0.4, 0.5) is 0 Å². The fourth-order valence-corrected chi connectivity index (χ4v) is 4.51. The van der Waals surface area contributed by atoms with Crippen molar-refractivity contribution in [3.63, 3.8) is 0 Å². The number of carbonyl (C=O) groups is 2. The number of thiophene rings is 1. The number of hydrogen-bond donors (Lipinski definition) is 2. The Balaban J connectivity index is 2.02. The SMILES string of the molecule is CSCCC(NC(=O)c1ccc(Cl)cc1Cl)C(=O)NCc1cc(Br)cs1. The third-order valence-corrected chi connectivity index (χ3v) is 6.36. The largest absolute Gasteiger partial charge is 0.349 e. The summed E-state index contributed by atoms with van der Waals surface area (Å²) < 4.78 is 0.983. The molecule has 0 aliphatic heterocycles. The molecule has 0 fully saturated rings. The molecule has 0 aliphatic rings. The standard InChI is InChI=1S/C17H17BrCl2N2O2S2/c1-25-5-4-15(17(24)21-8-12-6-10(18)9-26-12)22-16(23)13-3-2-11(19)7-14(13)20/h2-3,6-7,9,15H,4-5,8H2,1H3,(H,21,24)(H,22,23). The molecule has 1 atom stereocenters. The summed E-state index contributed by atoms with van der Waals surface area (Å²) >= 11 is 18.5. The number of amides is 2. The van der Waals surface area contributed by atoms with E-state index in [1.807, 2.05) is 17.7 Å². The highest BCUT2D eigenvalue weighted by atomic mass is 79.9. The molecule has 0 saturated heterocycles. The van der Waals surface area contributed by atoms with Gasteiger partial charge in [-0.1, -0.05) is 23.2 Å². The molecule has 1 aromatic heterocycles. The maximum atomic E-state index is 12.5. The summed E-state index contributed by atoms with van der Waals surface area (Å²) in [5.41, 5.74) is 0.292. The minimum Gasteiger partial charge on any atom is -0.349 e. The zero-order chi connectivity index (χ0) is 19.1. The van der Waals surface area contributed by atoms with Crippen LogP contribution in [0.3, 0.4) is 0 Å². The van der Waals surface area contributed by atoms with Crippen molar-refractivity contribution < 1.29 is 9.59 Å². The fourth-order valence-electron chi connectivity index (χ4n) is 2.16. The second-order valence-electron chi connectivity index (χ2n) is 5.38. The molecule has 0 spiro atoms. The third-order valence-electron chi connectivity index (χ3n) is 3.47. The fraction of sp³-hybridized carbons (Fsp3) is 0.294. The van der Waals surface area contributed by atoms with E-state index < -0.39 is 11.9 Å². The molecule has 4 nitrogen and oxygen atoms in total. The van der Waals surface area contributed by atoms with E-state index in [4.69, 9.17) is 23.2 Å². The number of hydrogen-bond acceptors (Lipinski definition) is 4. The molecule has 0 radical (unpaired) electrons. The lowest BCUT2D eigenvalue weighted by Gasteiger charge is -2.18. The van der Waals surface area contributed by atoms with E-state index in [9.17, 15) is 9.59 Å². The van der Waals surface area contributed by atoms with Crippen LogP contribution in [-0.2, 0) is 11.3 Å². The number of carbonyl (C=O) groups excluding carboxylic acids is 2. The zero-order valence-electron chi connectivity index (χ0n) is 13.9. The van der Waals surface area contributed by atoms with Crippen LogP contribution in [0.15, 0.2) is 34.1 Å². The third kappa shape index (κ3) is 6.46. The molecule has 0 aliphatic carbocycles. The van der Waals surface area contributed by atoms with Crippen LogP contribution in [0, 0.1) is 0 Å². The first-order chi connectivity index (χ1) is 12.4. The summed E-state index contributed by atoms with van der Waals surface area (Å²) in [6.07, 6.45) is 2.48. The van der Waals surface area contributed by atoms with E-state index in [-0.39, 0.29) is 10.9 Å². The van der Waals surface area contributed by atoms with Crippen molar-refractivity contribution in [1.82, 2.24) is 10.6 Å². The monoisotopic (exact) mass is 494 g/mol. The van der Waals surface area contributed by atoms with Crippen LogP contribution in [0.25, 0.3) is 0 Å². The lowest BCUT2D eigenvalue weighted by atomic mass is 10.1. The first-order valence-electron chi connectivity index (χ1n) is 7.66. The Morgan fingerprint density at radius 3 is 2.69 bits per heavy atom. The van der Waals surface area contributed by atoms with Crippen molar-refractivity contribution in [2.45, 2.75) is 19.0 Å². The van der Waals surface area contributed by atoms with Crippen molar-refractivity contribution in [1.29, 1.82) is 0 Å². The van der Waals surface area contributed by atoms with Gasteiger partial charge in [0.2, 0.25) is 5.91 Å². The molecule has 140 valence electrons. The van der Waals surface area contributed by atoms with Crippen molar-refractivity contribution in [3.05, 3.63) is 54.6 Å². The molecule has 0 saturated carbocycles. The molecule has 1 heterocycles. The number of rotatable bonds is 8. The van der Waals surface area contributed by atoms with Gasteiger partial charge in [0.1, 0.15) is 6.04 Å². The summed E-state index contributed by atoms with van der Waals surface area (Å²) in [6.45, 7) is 0.419. The van der Waals surface area contributed by atoms with E-state index in [1.165, 1.54) is 6.07 Å². The minimum absolute atomic E-state index is 0.220. The van der Waals surface area contributed by atoms with Crippen LogP contribution < -0.4 is 10.6 Å². The second-order valence-corrected chi connectivity index (χ2v) is 9.12. The normalized spacial score (nSPS) is 11.8. The molecule has 2 rings (SSSR count). The lowest BCUT2D eigenvalue weighted by Crippen LogP contribution is -2.46. The lowest BCUT2D eigenvalue weighted by molar-refractivity contribution is -0.123. The Morgan fingerprint density at radius 1 is 1.31 bits per heavy atom. The number of benzene rings is 1. The maximum Gasteiger partial charge on any atom is 0.253 e. The Labute approximate surface area is 179 Å². The highest BCUT2D eigenvalue weighted by Gasteiger charge is 2.22. The summed E-state index contributed by atoms with van der Waals surface area (Å²) in [5.74, 6) is 0.130. The number of halogens is 3. The maximum absolute atomic E-state index is 12.5. The molecular formula is C17H17BrCl2N2O2S2. The average molecular weight is 496 g/mol. The van der Waals surface area contributed by atoms with Gasteiger partial charge in [0.25, 0.3) is 5.91 Å². The van der Waals surface area contributed by atoms with Crippen LogP contribution in [0.2, 0.25) is 10.0 Å². The highest BCUT2D eigenvalue weighted by Crippen LogP contribution is 2.21. The number of nitrogens with one attached hydrogen (secondary N) is 2. The van der Waals surface area contributed by atoms with Crippen LogP contribution in [0.1, 0.15) is 21.7 Å². The molecule has 2 amide bonds. The second kappa shape index (κ2) is 10.6. The predicted molar refractivity (Wildman–Crippen MR) is 115 cm³/mol. The number of thioether (sulfide) groups is 1. The zero-order valence-corrected chi connectivity index (χ0v) is 18.6. The van der Waals surface area contributed by atoms with Crippen molar-refractivity contribution in [3.8, 4) is 0 Å². The Morgan fingerprint density at radius 2 is 2.08 bits per heavy atom. The quantitative estimate of drug-likeness (QED) is 0.542. The van der Waals surface area contributed by atoms with Crippen molar-refractivity contribution in [2.24, 2.45) is 0 Å². The highest BCUT2D eigenvalue weighted by molar-refractivity contribution is 9.10. The van der Waals surface area contributed by atoms with Gasteiger partial charge in [-0.3, -0.25) is 9.59 Å². The first kappa shape index (κ1) is 21.6. The van der Waals surface area contributed by atoms with Gasteiger partial charge in [0.05, 0.1) is 17.1 Å². The predicted octanol–water partition coefficient (Wildman–Crippen LogP) is 4.99. The molecular weight excluding hydrogens is 479 g/mol. The Bertz CT molecular complexity index is 786. The molecule has 2 aromatic rings. The van der Waals surface area contributed by atoms with Gasteiger partial charge in [0, 0.05) is 19.8 Å². The van der Waals surface area contributed by atoms with Gasteiger partial charge >= 0.3 is 0 Å². The Kier molecular flexibility index (Phi) is 8.76. The van der Waals surface area contributed by atoms with E-state index in [2.05, 4.69) is 26.6 Å². The summed E-state index contributed by atoms with van der Waals surface area (Å²) in [6, 6.07) is 5.96. The van der Waals surface area contributed by atoms with Gasteiger partial charge in [-0.15, -0.1) is 11.3 Å². The molecule has 1 unspecified atom stereocenters. The van der Waals surface area contributed by atoms with Crippen LogP contribution in [0.5, 0.6) is 0 Å². The van der Waals surface area contributed by atoms with Gasteiger partial charge < -0.3 is 10.6 Å². The molecule has 26 heavy (non-hydrogen) atoms. The van der Waals surface area contributed by atoms with Gasteiger partial charge in [-0.2, -0.15) is 11.8 Å².